The van der Waals surface area contributed by atoms with Crippen molar-refractivity contribution < 1.29 is 0 Å². The maximum Gasteiger partial charge on any atom is 0.151 e. The normalized spacial score (nSPS) is 10.9. The second kappa shape index (κ2) is 4.72. The van der Waals surface area contributed by atoms with Crippen molar-refractivity contribution in [2.24, 2.45) is 5.92 Å². The van der Waals surface area contributed by atoms with Gasteiger partial charge < -0.3 is 5.73 Å². The average molecular weight is 202 g/mol. The second-order valence-electron chi connectivity index (χ2n) is 3.06. The second-order valence-corrected chi connectivity index (χ2v) is 5.46. The van der Waals surface area contributed by atoms with Gasteiger partial charge in [-0.2, -0.15) is 0 Å². The largest absolute Gasteiger partial charge is 0.389 e. The zero-order valence-electron chi connectivity index (χ0n) is 7.41. The Morgan fingerprint density at radius 3 is 2.92 bits per heavy atom. The van der Waals surface area contributed by atoms with E-state index in [1.165, 1.54) is 6.42 Å². The van der Waals surface area contributed by atoms with E-state index in [2.05, 4.69) is 18.8 Å². The summed E-state index contributed by atoms with van der Waals surface area (Å²) in [5.74, 6) is 1.92. The minimum Gasteiger partial charge on any atom is -0.389 e. The van der Waals surface area contributed by atoms with Crippen LogP contribution in [-0.4, -0.2) is 10.7 Å². The number of rotatable bonds is 4. The summed E-state index contributed by atoms with van der Waals surface area (Å²) in [4.78, 5) is 4.17. The molecule has 1 rings (SSSR count). The molecule has 1 heterocycles. The van der Waals surface area contributed by atoms with E-state index >= 15 is 0 Å². The highest BCUT2D eigenvalue weighted by molar-refractivity contribution is 8.01. The van der Waals surface area contributed by atoms with Crippen molar-refractivity contribution in [3.05, 3.63) is 6.20 Å². The molecule has 0 radical (unpaired) electrons. The number of aromatic nitrogens is 1. The van der Waals surface area contributed by atoms with Crippen LogP contribution in [0.3, 0.4) is 0 Å². The predicted octanol–water partition coefficient (Wildman–Crippen LogP) is 2.86. The standard InChI is InChI=1S/C8H14N2S2/c1-6(2)3-4-11-8-10-5-7(9)12-8/h5-6H,3-4,9H2,1-2H3. The van der Waals surface area contributed by atoms with Crippen LogP contribution >= 0.6 is 23.1 Å². The van der Waals surface area contributed by atoms with Gasteiger partial charge in [0.25, 0.3) is 0 Å². The van der Waals surface area contributed by atoms with Crippen molar-refractivity contribution in [1.29, 1.82) is 0 Å². The third-order valence-corrected chi connectivity index (χ3v) is 3.44. The van der Waals surface area contributed by atoms with Crippen molar-refractivity contribution in [2.75, 3.05) is 11.5 Å². The van der Waals surface area contributed by atoms with E-state index in [9.17, 15) is 0 Å². The Morgan fingerprint density at radius 2 is 2.42 bits per heavy atom. The summed E-state index contributed by atoms with van der Waals surface area (Å²) in [6, 6.07) is 0. The number of anilines is 1. The van der Waals surface area contributed by atoms with Crippen LogP contribution in [0.25, 0.3) is 0 Å². The number of thioether (sulfide) groups is 1. The molecule has 0 spiro atoms. The van der Waals surface area contributed by atoms with Gasteiger partial charge in [0.15, 0.2) is 4.34 Å². The number of hydrogen-bond acceptors (Lipinski definition) is 4. The molecule has 12 heavy (non-hydrogen) atoms. The van der Waals surface area contributed by atoms with Gasteiger partial charge in [-0.1, -0.05) is 36.9 Å². The van der Waals surface area contributed by atoms with Crippen molar-refractivity contribution >= 4 is 28.1 Å². The number of nitrogen functional groups attached to an aromatic ring is 1. The Kier molecular flexibility index (Phi) is 3.88. The minimum atomic E-state index is 0.773. The SMILES string of the molecule is CC(C)CCSc1ncc(N)s1. The molecule has 0 aliphatic heterocycles. The lowest BCUT2D eigenvalue weighted by molar-refractivity contribution is 0.632. The van der Waals surface area contributed by atoms with E-state index in [0.717, 1.165) is 21.0 Å². The molecule has 1 aromatic rings. The molecule has 68 valence electrons. The quantitative estimate of drug-likeness (QED) is 0.763. The highest BCUT2D eigenvalue weighted by Gasteiger charge is 2.00. The molecular weight excluding hydrogens is 188 g/mol. The summed E-state index contributed by atoms with van der Waals surface area (Å²) in [6.07, 6.45) is 2.96. The first-order valence-corrected chi connectivity index (χ1v) is 5.83. The monoisotopic (exact) mass is 202 g/mol. The molecular formula is C8H14N2S2. The van der Waals surface area contributed by atoms with Gasteiger partial charge in [-0.3, -0.25) is 0 Å². The summed E-state index contributed by atoms with van der Waals surface area (Å²) in [5.41, 5.74) is 5.55. The maximum absolute atomic E-state index is 5.55. The smallest absolute Gasteiger partial charge is 0.151 e. The van der Waals surface area contributed by atoms with Gasteiger partial charge in [-0.25, -0.2) is 4.98 Å². The first-order valence-electron chi connectivity index (χ1n) is 4.02. The van der Waals surface area contributed by atoms with Gasteiger partial charge in [0.2, 0.25) is 0 Å². The lowest BCUT2D eigenvalue weighted by Gasteiger charge is -2.00. The van der Waals surface area contributed by atoms with Gasteiger partial charge in [0, 0.05) is 5.75 Å². The summed E-state index contributed by atoms with van der Waals surface area (Å²) in [7, 11) is 0. The number of nitrogens with two attached hydrogens (primary N) is 1. The Morgan fingerprint density at radius 1 is 1.67 bits per heavy atom. The van der Waals surface area contributed by atoms with Crippen LogP contribution in [0.1, 0.15) is 20.3 Å². The topological polar surface area (TPSA) is 38.9 Å². The first-order chi connectivity index (χ1) is 5.68. The van der Waals surface area contributed by atoms with Crippen molar-refractivity contribution in [3.8, 4) is 0 Å². The van der Waals surface area contributed by atoms with Gasteiger partial charge in [-0.05, 0) is 12.3 Å². The fraction of sp³-hybridized carbons (Fsp3) is 0.625. The van der Waals surface area contributed by atoms with Crippen LogP contribution < -0.4 is 5.73 Å². The third-order valence-electron chi connectivity index (χ3n) is 1.42. The van der Waals surface area contributed by atoms with Crippen LogP contribution in [0.4, 0.5) is 5.00 Å². The van der Waals surface area contributed by atoms with Gasteiger partial charge in [0.1, 0.15) is 5.00 Å². The van der Waals surface area contributed by atoms with Crippen LogP contribution in [0.15, 0.2) is 10.5 Å². The molecule has 0 aliphatic carbocycles. The van der Waals surface area contributed by atoms with Gasteiger partial charge in [-0.15, -0.1) is 0 Å². The molecule has 1 aromatic heterocycles. The molecule has 4 heteroatoms. The molecule has 0 fully saturated rings. The molecule has 0 saturated carbocycles. The molecule has 2 N–H and O–H groups in total. The summed E-state index contributed by atoms with van der Waals surface area (Å²) in [5, 5.41) is 0.807. The Balaban J connectivity index is 2.24. The molecule has 0 atom stereocenters. The zero-order valence-corrected chi connectivity index (χ0v) is 9.04. The molecule has 0 aliphatic rings. The van der Waals surface area contributed by atoms with Crippen molar-refractivity contribution in [3.63, 3.8) is 0 Å². The molecule has 0 bridgehead atoms. The van der Waals surface area contributed by atoms with Gasteiger partial charge in [0.05, 0.1) is 6.20 Å². The fourth-order valence-electron chi connectivity index (χ4n) is 0.719. The Bertz CT molecular complexity index is 233. The Hall–Kier alpha value is -0.220. The summed E-state index contributed by atoms with van der Waals surface area (Å²) < 4.78 is 1.09. The van der Waals surface area contributed by atoms with Crippen molar-refractivity contribution in [1.82, 2.24) is 4.98 Å². The first kappa shape index (κ1) is 9.86. The van der Waals surface area contributed by atoms with Crippen LogP contribution in [-0.2, 0) is 0 Å². The third kappa shape index (κ3) is 3.45. The fourth-order valence-corrected chi connectivity index (χ4v) is 2.80. The molecule has 0 aromatic carbocycles. The van der Waals surface area contributed by atoms with E-state index in [-0.39, 0.29) is 0 Å². The number of hydrogen-bond donors (Lipinski definition) is 1. The highest BCUT2D eigenvalue weighted by atomic mass is 32.2. The number of thiazole rings is 1. The average Bonchev–Trinajstić information content (AvgIpc) is 2.35. The van der Waals surface area contributed by atoms with E-state index in [0.29, 0.717) is 0 Å². The summed E-state index contributed by atoms with van der Waals surface area (Å²) >= 11 is 3.37. The molecule has 2 nitrogen and oxygen atoms in total. The van der Waals surface area contributed by atoms with E-state index in [1.807, 2.05) is 0 Å². The van der Waals surface area contributed by atoms with Crippen molar-refractivity contribution in [2.45, 2.75) is 24.6 Å². The van der Waals surface area contributed by atoms with E-state index in [4.69, 9.17) is 5.73 Å². The van der Waals surface area contributed by atoms with Crippen LogP contribution in [0, 0.1) is 5.92 Å². The highest BCUT2D eigenvalue weighted by Crippen LogP contribution is 2.26. The molecule has 0 amide bonds. The van der Waals surface area contributed by atoms with E-state index in [1.54, 1.807) is 29.3 Å². The lowest BCUT2D eigenvalue weighted by atomic mass is 10.2. The number of nitrogens with zero attached hydrogens (tertiary/aromatic N) is 1. The predicted molar refractivity (Wildman–Crippen MR) is 56.7 cm³/mol. The zero-order chi connectivity index (χ0) is 8.97. The van der Waals surface area contributed by atoms with E-state index < -0.39 is 0 Å². The minimum absolute atomic E-state index is 0.773. The lowest BCUT2D eigenvalue weighted by Crippen LogP contribution is -1.88. The van der Waals surface area contributed by atoms with Crippen LogP contribution in [0.2, 0.25) is 0 Å². The molecule has 0 unspecified atom stereocenters. The summed E-state index contributed by atoms with van der Waals surface area (Å²) in [6.45, 7) is 4.47. The Labute approximate surface area is 81.6 Å². The van der Waals surface area contributed by atoms with Gasteiger partial charge >= 0.3 is 0 Å². The molecule has 0 saturated heterocycles. The van der Waals surface area contributed by atoms with Crippen LogP contribution in [0.5, 0.6) is 0 Å². The maximum atomic E-state index is 5.55.